The van der Waals surface area contributed by atoms with Crippen molar-refractivity contribution >= 4 is 7.14 Å². The summed E-state index contributed by atoms with van der Waals surface area (Å²) in [6, 6.07) is 0. The summed E-state index contributed by atoms with van der Waals surface area (Å²) in [4.78, 5) is 0. The normalized spacial score (nSPS) is 10.9. The van der Waals surface area contributed by atoms with Crippen molar-refractivity contribution in [3.63, 3.8) is 0 Å². The number of hydrogen-bond donors (Lipinski definition) is 0. The van der Waals surface area contributed by atoms with E-state index >= 15 is 0 Å². The van der Waals surface area contributed by atoms with Crippen LogP contribution >= 0.6 is 7.14 Å². The van der Waals surface area contributed by atoms with Gasteiger partial charge in [0, 0.05) is 12.3 Å². The molecule has 0 radical (unpaired) electrons. The third kappa shape index (κ3) is 3.03. The Morgan fingerprint density at radius 3 is 1.90 bits per heavy atom. The zero-order chi connectivity index (χ0) is 8.04. The van der Waals surface area contributed by atoms with Crippen LogP contribution in [-0.2, 0) is 4.57 Å². The summed E-state index contributed by atoms with van der Waals surface area (Å²) in [6.45, 7) is 9.09. The van der Waals surface area contributed by atoms with Gasteiger partial charge in [-0.05, 0) is 6.16 Å². The van der Waals surface area contributed by atoms with Gasteiger partial charge >= 0.3 is 0 Å². The highest BCUT2D eigenvalue weighted by Gasteiger charge is 2.14. The van der Waals surface area contributed by atoms with Gasteiger partial charge in [-0.15, -0.1) is 13.2 Å². The van der Waals surface area contributed by atoms with Crippen molar-refractivity contribution in [3.05, 3.63) is 25.3 Å². The molecule has 0 aliphatic heterocycles. The van der Waals surface area contributed by atoms with E-state index in [1.165, 1.54) is 0 Å². The lowest BCUT2D eigenvalue weighted by Gasteiger charge is -2.10. The molecule has 0 rings (SSSR count). The molecule has 0 aromatic rings. The molecule has 0 aliphatic rings. The van der Waals surface area contributed by atoms with Crippen LogP contribution < -0.4 is 0 Å². The van der Waals surface area contributed by atoms with Gasteiger partial charge in [0.15, 0.2) is 0 Å². The Hall–Kier alpha value is -0.290. The van der Waals surface area contributed by atoms with Crippen molar-refractivity contribution in [3.8, 4) is 0 Å². The first-order valence-electron chi connectivity index (χ1n) is 3.47. The van der Waals surface area contributed by atoms with E-state index < -0.39 is 7.14 Å². The van der Waals surface area contributed by atoms with Crippen molar-refractivity contribution in [2.75, 3.05) is 18.5 Å². The molecule has 0 atom stereocenters. The first kappa shape index (κ1) is 9.71. The fourth-order valence-corrected chi connectivity index (χ4v) is 2.41. The summed E-state index contributed by atoms with van der Waals surface area (Å²) in [6.07, 6.45) is 5.51. The number of allylic oxidation sites excluding steroid dienone is 2. The fraction of sp³-hybridized carbons (Fsp3) is 0.500. The quantitative estimate of drug-likeness (QED) is 0.444. The molecule has 0 amide bonds. The van der Waals surface area contributed by atoms with Crippen LogP contribution in [0, 0.1) is 0 Å². The second-order valence-corrected chi connectivity index (χ2v) is 5.80. The molecular formula is C8H15OP. The molecule has 0 heterocycles. The maximum absolute atomic E-state index is 11.6. The van der Waals surface area contributed by atoms with Crippen LogP contribution in [0.2, 0.25) is 0 Å². The Morgan fingerprint density at radius 1 is 1.30 bits per heavy atom. The molecule has 0 N–H and O–H groups in total. The van der Waals surface area contributed by atoms with Crippen molar-refractivity contribution < 1.29 is 4.57 Å². The first-order chi connectivity index (χ1) is 4.68. The van der Waals surface area contributed by atoms with E-state index in [9.17, 15) is 4.57 Å². The predicted octanol–water partition coefficient (Wildman–Crippen LogP) is 2.74. The van der Waals surface area contributed by atoms with Gasteiger partial charge in [0.25, 0.3) is 0 Å². The minimum atomic E-state index is -1.94. The highest BCUT2D eigenvalue weighted by molar-refractivity contribution is 7.64. The van der Waals surface area contributed by atoms with Gasteiger partial charge in [0.1, 0.15) is 0 Å². The SMILES string of the molecule is C=CCP(=O)(CC)CC=C. The molecule has 0 saturated heterocycles. The largest absolute Gasteiger partial charge is 0.323 e. The Labute approximate surface area is 63.2 Å². The Balaban J connectivity index is 4.07. The summed E-state index contributed by atoms with van der Waals surface area (Å²) in [5, 5.41) is 0. The summed E-state index contributed by atoms with van der Waals surface area (Å²) < 4.78 is 11.6. The average molecular weight is 158 g/mol. The fourth-order valence-electron chi connectivity index (χ4n) is 0.803. The van der Waals surface area contributed by atoms with Crippen LogP contribution in [0.4, 0.5) is 0 Å². The van der Waals surface area contributed by atoms with Crippen molar-refractivity contribution in [1.29, 1.82) is 0 Å². The van der Waals surface area contributed by atoms with Crippen molar-refractivity contribution in [2.45, 2.75) is 6.92 Å². The Morgan fingerprint density at radius 2 is 1.70 bits per heavy atom. The van der Waals surface area contributed by atoms with Gasteiger partial charge in [-0.2, -0.15) is 0 Å². The number of rotatable bonds is 5. The van der Waals surface area contributed by atoms with Crippen LogP contribution in [0.3, 0.4) is 0 Å². The molecule has 0 spiro atoms. The van der Waals surface area contributed by atoms with E-state index in [4.69, 9.17) is 0 Å². The molecule has 2 heteroatoms. The van der Waals surface area contributed by atoms with Crippen molar-refractivity contribution in [2.24, 2.45) is 0 Å². The molecule has 0 fully saturated rings. The molecule has 0 unspecified atom stereocenters. The number of hydrogen-bond acceptors (Lipinski definition) is 1. The minimum absolute atomic E-state index is 0.648. The lowest BCUT2D eigenvalue weighted by molar-refractivity contribution is 0.579. The average Bonchev–Trinajstić information content (AvgIpc) is 1.89. The second-order valence-electron chi connectivity index (χ2n) is 2.32. The molecule has 1 nitrogen and oxygen atoms in total. The summed E-state index contributed by atoms with van der Waals surface area (Å²) in [5.41, 5.74) is 0. The maximum atomic E-state index is 11.6. The Bertz CT molecular complexity index is 147. The van der Waals surface area contributed by atoms with Gasteiger partial charge in [-0.1, -0.05) is 19.1 Å². The van der Waals surface area contributed by atoms with Gasteiger partial charge in [-0.3, -0.25) is 0 Å². The zero-order valence-corrected chi connectivity index (χ0v) is 7.44. The second kappa shape index (κ2) is 4.51. The van der Waals surface area contributed by atoms with Crippen molar-refractivity contribution in [1.82, 2.24) is 0 Å². The minimum Gasteiger partial charge on any atom is -0.323 e. The van der Waals surface area contributed by atoms with Crippen LogP contribution in [0.15, 0.2) is 25.3 Å². The molecule has 0 aromatic carbocycles. The van der Waals surface area contributed by atoms with E-state index in [1.54, 1.807) is 12.2 Å². The summed E-state index contributed by atoms with van der Waals surface area (Å²) in [5.74, 6) is 0. The van der Waals surface area contributed by atoms with E-state index in [-0.39, 0.29) is 0 Å². The summed E-state index contributed by atoms with van der Waals surface area (Å²) >= 11 is 0. The standard InChI is InChI=1S/C8H15OP/c1-4-7-10(9,6-3)8-5-2/h4-5H,1-2,6-8H2,3H3. The molecule has 0 aromatic heterocycles. The predicted molar refractivity (Wildman–Crippen MR) is 48.3 cm³/mol. The molecule has 10 heavy (non-hydrogen) atoms. The van der Waals surface area contributed by atoms with E-state index in [0.717, 1.165) is 6.16 Å². The van der Waals surface area contributed by atoms with Gasteiger partial charge in [-0.25, -0.2) is 0 Å². The molecule has 0 aliphatic carbocycles. The van der Waals surface area contributed by atoms with Crippen LogP contribution in [0.1, 0.15) is 6.92 Å². The molecule has 0 saturated carbocycles. The van der Waals surface area contributed by atoms with Crippen LogP contribution in [0.25, 0.3) is 0 Å². The maximum Gasteiger partial charge on any atom is 0.0946 e. The monoisotopic (exact) mass is 158 g/mol. The first-order valence-corrected chi connectivity index (χ1v) is 5.73. The smallest absolute Gasteiger partial charge is 0.0946 e. The topological polar surface area (TPSA) is 17.1 Å². The van der Waals surface area contributed by atoms with Gasteiger partial charge in [0.05, 0.1) is 7.14 Å². The van der Waals surface area contributed by atoms with Crippen LogP contribution in [0.5, 0.6) is 0 Å². The summed E-state index contributed by atoms with van der Waals surface area (Å²) in [7, 11) is -1.94. The van der Waals surface area contributed by atoms with Gasteiger partial charge in [0.2, 0.25) is 0 Å². The molecule has 0 bridgehead atoms. The molecular weight excluding hydrogens is 143 g/mol. The van der Waals surface area contributed by atoms with E-state index in [0.29, 0.717) is 12.3 Å². The lowest BCUT2D eigenvalue weighted by Crippen LogP contribution is -1.92. The van der Waals surface area contributed by atoms with Gasteiger partial charge < -0.3 is 4.57 Å². The van der Waals surface area contributed by atoms with Crippen LogP contribution in [-0.4, -0.2) is 18.5 Å². The Kier molecular flexibility index (Phi) is 4.38. The molecule has 58 valence electrons. The highest BCUT2D eigenvalue weighted by Crippen LogP contribution is 2.44. The lowest BCUT2D eigenvalue weighted by atomic mass is 10.7. The third-order valence-electron chi connectivity index (χ3n) is 1.50. The highest BCUT2D eigenvalue weighted by atomic mass is 31.2. The van der Waals surface area contributed by atoms with E-state index in [2.05, 4.69) is 13.2 Å². The third-order valence-corrected chi connectivity index (χ3v) is 4.50. The zero-order valence-electron chi connectivity index (χ0n) is 6.55. The van der Waals surface area contributed by atoms with E-state index in [1.807, 2.05) is 6.92 Å².